The van der Waals surface area contributed by atoms with E-state index in [9.17, 15) is 0 Å². The van der Waals surface area contributed by atoms with Gasteiger partial charge in [0.15, 0.2) is 0 Å². The van der Waals surface area contributed by atoms with Gasteiger partial charge in [0.25, 0.3) is 0 Å². The molecule has 0 saturated carbocycles. The average Bonchev–Trinajstić information content (AvgIpc) is 3.43. The molecule has 4 heterocycles. The summed E-state index contributed by atoms with van der Waals surface area (Å²) in [5, 5.41) is 13.0. The number of nitrogens with one attached hydrogen (secondary N) is 2. The highest BCUT2D eigenvalue weighted by atomic mass is 16.5. The molecule has 238 valence electrons. The van der Waals surface area contributed by atoms with Crippen LogP contribution in [-0.4, -0.2) is 79.5 Å². The van der Waals surface area contributed by atoms with Crippen molar-refractivity contribution in [2.75, 3.05) is 80.1 Å². The average molecular weight is 621 g/mol. The maximum absolute atomic E-state index is 5.60. The minimum atomic E-state index is 0.541. The normalized spacial score (nSPS) is 15.3. The van der Waals surface area contributed by atoms with Gasteiger partial charge in [-0.05, 0) is 60.5 Å². The van der Waals surface area contributed by atoms with E-state index in [-0.39, 0.29) is 0 Å². The summed E-state index contributed by atoms with van der Waals surface area (Å²) in [4.78, 5) is 14.1. The number of benzene rings is 3. The Morgan fingerprint density at radius 2 is 1.54 bits per heavy atom. The van der Waals surface area contributed by atoms with Crippen LogP contribution in [0.4, 0.5) is 28.8 Å². The summed E-state index contributed by atoms with van der Waals surface area (Å²) in [5.74, 6) is 2.13. The lowest BCUT2D eigenvalue weighted by atomic mass is 10.1. The lowest BCUT2D eigenvalue weighted by Gasteiger charge is -2.33. The number of hydrogen-bond acceptors (Lipinski definition) is 10. The summed E-state index contributed by atoms with van der Waals surface area (Å²) in [6, 6.07) is 23.0. The molecule has 0 radical (unpaired) electrons. The number of hydrogen-bond donors (Lipinski definition) is 2. The zero-order chi connectivity index (χ0) is 31.3. The molecule has 2 fully saturated rings. The molecule has 3 aromatic carbocycles. The molecule has 5 aromatic rings. The second kappa shape index (κ2) is 13.6. The van der Waals surface area contributed by atoms with Crippen molar-refractivity contribution >= 4 is 39.7 Å². The van der Waals surface area contributed by atoms with Crippen molar-refractivity contribution in [3.63, 3.8) is 0 Å². The van der Waals surface area contributed by atoms with Gasteiger partial charge >= 0.3 is 0 Å². The van der Waals surface area contributed by atoms with Crippen molar-refractivity contribution < 1.29 is 14.2 Å². The molecule has 2 saturated heterocycles. The molecule has 0 bridgehead atoms. The fourth-order valence-electron chi connectivity index (χ4n) is 6.18. The molecular formula is C35H40N8O3. The molecule has 2 aromatic heterocycles. The van der Waals surface area contributed by atoms with Gasteiger partial charge in [0.05, 0.1) is 51.3 Å². The van der Waals surface area contributed by atoms with Crippen molar-refractivity contribution in [1.29, 1.82) is 0 Å². The summed E-state index contributed by atoms with van der Waals surface area (Å²) in [6.45, 7) is 9.78. The highest BCUT2D eigenvalue weighted by Crippen LogP contribution is 2.31. The quantitative estimate of drug-likeness (QED) is 0.216. The first kappa shape index (κ1) is 29.8. The summed E-state index contributed by atoms with van der Waals surface area (Å²) in [5.41, 5.74) is 7.73. The third-order valence-electron chi connectivity index (χ3n) is 8.56. The number of aryl methyl sites for hydroxylation is 1. The topological polar surface area (TPSA) is 102 Å². The van der Waals surface area contributed by atoms with E-state index in [0.717, 1.165) is 92.0 Å². The summed E-state index contributed by atoms with van der Waals surface area (Å²) >= 11 is 0. The Labute approximate surface area is 269 Å². The maximum atomic E-state index is 5.60. The van der Waals surface area contributed by atoms with Gasteiger partial charge in [-0.25, -0.2) is 4.98 Å². The van der Waals surface area contributed by atoms with Crippen LogP contribution >= 0.6 is 0 Å². The number of aromatic nitrogens is 4. The zero-order valence-electron chi connectivity index (χ0n) is 26.4. The number of methoxy groups -OCH3 is 1. The lowest BCUT2D eigenvalue weighted by Crippen LogP contribution is -2.38. The van der Waals surface area contributed by atoms with Crippen LogP contribution in [0.3, 0.4) is 0 Å². The summed E-state index contributed by atoms with van der Waals surface area (Å²) in [7, 11) is 1.68. The van der Waals surface area contributed by atoms with Gasteiger partial charge in [0, 0.05) is 61.4 Å². The first-order valence-electron chi connectivity index (χ1n) is 15.9. The van der Waals surface area contributed by atoms with E-state index in [0.29, 0.717) is 19.0 Å². The molecule has 0 amide bonds. The van der Waals surface area contributed by atoms with E-state index in [1.165, 1.54) is 16.9 Å². The molecule has 11 nitrogen and oxygen atoms in total. The molecule has 0 spiro atoms. The highest BCUT2D eigenvalue weighted by Gasteiger charge is 2.18. The van der Waals surface area contributed by atoms with Crippen molar-refractivity contribution in [2.45, 2.75) is 20.0 Å². The van der Waals surface area contributed by atoms with Gasteiger partial charge in [0.2, 0.25) is 5.95 Å². The Morgan fingerprint density at radius 1 is 0.848 bits per heavy atom. The Kier molecular flexibility index (Phi) is 8.84. The molecule has 2 aliphatic heterocycles. The first-order valence-corrected chi connectivity index (χ1v) is 15.9. The second-order valence-corrected chi connectivity index (χ2v) is 11.6. The molecular weight excluding hydrogens is 580 g/mol. The minimum absolute atomic E-state index is 0.541. The first-order chi connectivity index (χ1) is 22.6. The zero-order valence-corrected chi connectivity index (χ0v) is 26.4. The molecule has 0 aliphatic carbocycles. The smallest absolute Gasteiger partial charge is 0.229 e. The predicted octanol–water partition coefficient (Wildman–Crippen LogP) is 5.22. The SMILES string of the molecule is COc1ccc(Cn2nc(C)c3c(CNc4ccnc(Nc5cc(N6CCOCC6)cc(N6CCOCC6)c5)n4)cccc32)cc1. The Morgan fingerprint density at radius 3 is 2.22 bits per heavy atom. The van der Waals surface area contributed by atoms with Crippen molar-refractivity contribution in [1.82, 2.24) is 19.7 Å². The van der Waals surface area contributed by atoms with Crippen LogP contribution < -0.4 is 25.2 Å². The second-order valence-electron chi connectivity index (χ2n) is 11.6. The highest BCUT2D eigenvalue weighted by molar-refractivity contribution is 5.85. The summed E-state index contributed by atoms with van der Waals surface area (Å²) < 4.78 is 18.6. The van der Waals surface area contributed by atoms with Crippen LogP contribution in [0.1, 0.15) is 16.8 Å². The van der Waals surface area contributed by atoms with Crippen LogP contribution in [0, 0.1) is 6.92 Å². The van der Waals surface area contributed by atoms with E-state index >= 15 is 0 Å². The van der Waals surface area contributed by atoms with Crippen LogP contribution in [0.2, 0.25) is 0 Å². The molecule has 0 atom stereocenters. The number of anilines is 5. The number of fused-ring (bicyclic) bond motifs is 1. The minimum Gasteiger partial charge on any atom is -0.497 e. The van der Waals surface area contributed by atoms with E-state index in [2.05, 4.69) is 85.6 Å². The number of ether oxygens (including phenoxy) is 3. The molecule has 2 aliphatic rings. The molecule has 2 N–H and O–H groups in total. The van der Waals surface area contributed by atoms with Gasteiger partial charge < -0.3 is 34.6 Å². The van der Waals surface area contributed by atoms with Crippen LogP contribution in [0.5, 0.6) is 5.75 Å². The molecule has 0 unspecified atom stereocenters. The molecule has 7 rings (SSSR count). The van der Waals surface area contributed by atoms with E-state index < -0.39 is 0 Å². The van der Waals surface area contributed by atoms with E-state index in [1.807, 2.05) is 18.2 Å². The number of morpholine rings is 2. The molecule has 11 heteroatoms. The van der Waals surface area contributed by atoms with Gasteiger partial charge in [0.1, 0.15) is 11.6 Å². The fraction of sp³-hybridized carbons (Fsp3) is 0.343. The third kappa shape index (κ3) is 6.70. The Balaban J connectivity index is 1.08. The van der Waals surface area contributed by atoms with Crippen LogP contribution in [-0.2, 0) is 22.6 Å². The number of rotatable bonds is 10. The van der Waals surface area contributed by atoms with Gasteiger partial charge in [-0.1, -0.05) is 24.3 Å². The van der Waals surface area contributed by atoms with Crippen molar-refractivity contribution in [3.8, 4) is 5.75 Å². The monoisotopic (exact) mass is 620 g/mol. The third-order valence-corrected chi connectivity index (χ3v) is 8.56. The molecule has 46 heavy (non-hydrogen) atoms. The van der Waals surface area contributed by atoms with Crippen molar-refractivity contribution in [3.05, 3.63) is 89.7 Å². The van der Waals surface area contributed by atoms with Crippen molar-refractivity contribution in [2.24, 2.45) is 0 Å². The van der Waals surface area contributed by atoms with E-state index in [4.69, 9.17) is 24.3 Å². The Hall–Kier alpha value is -4.87. The fourth-order valence-corrected chi connectivity index (χ4v) is 6.18. The lowest BCUT2D eigenvalue weighted by molar-refractivity contribution is 0.122. The van der Waals surface area contributed by atoms with Crippen LogP contribution in [0.25, 0.3) is 10.9 Å². The Bertz CT molecular complexity index is 1740. The standard InChI is InChI=1S/C35H40N8O3/c1-25-34-27(4-3-5-32(34)43(40-25)24-26-6-8-31(44-2)9-7-26)23-37-33-10-11-36-35(39-33)38-28-20-29(41-12-16-45-17-13-41)22-30(21-28)42-14-18-46-19-15-42/h3-11,20-22H,12-19,23-24H2,1-2H3,(H2,36,37,38,39). The van der Waals surface area contributed by atoms with Crippen LogP contribution in [0.15, 0.2) is 72.9 Å². The number of nitrogens with zero attached hydrogens (tertiary/aromatic N) is 6. The van der Waals surface area contributed by atoms with E-state index in [1.54, 1.807) is 13.3 Å². The van der Waals surface area contributed by atoms with Gasteiger partial charge in [-0.15, -0.1) is 0 Å². The van der Waals surface area contributed by atoms with Gasteiger partial charge in [-0.3, -0.25) is 4.68 Å². The predicted molar refractivity (Wildman–Crippen MR) is 182 cm³/mol. The largest absolute Gasteiger partial charge is 0.497 e. The van der Waals surface area contributed by atoms with Gasteiger partial charge in [-0.2, -0.15) is 10.1 Å². The summed E-state index contributed by atoms with van der Waals surface area (Å²) in [6.07, 6.45) is 1.78. The maximum Gasteiger partial charge on any atom is 0.229 e.